The molecule has 0 aromatic heterocycles. The molecule has 0 aromatic carbocycles. The van der Waals surface area contributed by atoms with Gasteiger partial charge in [0.25, 0.3) is 0 Å². The molecule has 15 heavy (non-hydrogen) atoms. The van der Waals surface area contributed by atoms with Crippen molar-refractivity contribution >= 4 is 0 Å². The molecule has 0 aliphatic heterocycles. The summed E-state index contributed by atoms with van der Waals surface area (Å²) in [6.07, 6.45) is 1.45. The van der Waals surface area contributed by atoms with E-state index >= 15 is 0 Å². The molecule has 0 radical (unpaired) electrons. The lowest BCUT2D eigenvalue weighted by molar-refractivity contribution is -0.0882. The van der Waals surface area contributed by atoms with Crippen LogP contribution in [0.15, 0.2) is 0 Å². The van der Waals surface area contributed by atoms with Crippen LogP contribution in [0.5, 0.6) is 0 Å². The Balaban J connectivity index is 0.000000921. The monoisotopic (exact) mass is 220 g/mol. The number of alkyl halides is 2. The lowest BCUT2D eigenvalue weighted by Crippen LogP contribution is -2.39. The molecule has 1 aliphatic carbocycles. The first-order valence-electron chi connectivity index (χ1n) is 6.04. The molecule has 0 spiro atoms. The fraction of sp³-hybridized carbons (Fsp3) is 1.00. The lowest BCUT2D eigenvalue weighted by atomic mass is 9.60. The van der Waals surface area contributed by atoms with Crippen molar-refractivity contribution in [2.45, 2.75) is 73.1 Å². The highest BCUT2D eigenvalue weighted by Crippen LogP contribution is 2.52. The fourth-order valence-corrected chi connectivity index (χ4v) is 1.92. The van der Waals surface area contributed by atoms with Gasteiger partial charge in [0.05, 0.1) is 0 Å². The van der Waals surface area contributed by atoms with Crippen molar-refractivity contribution in [2.75, 3.05) is 0 Å². The quantitative estimate of drug-likeness (QED) is 0.521. The largest absolute Gasteiger partial charge is 0.248 e. The van der Waals surface area contributed by atoms with Crippen molar-refractivity contribution in [1.82, 2.24) is 0 Å². The Labute approximate surface area is 93.4 Å². The Hall–Kier alpha value is -0.140. The van der Waals surface area contributed by atoms with Crippen LogP contribution in [0.2, 0.25) is 0 Å². The van der Waals surface area contributed by atoms with Gasteiger partial charge in [0.2, 0.25) is 5.92 Å². The molecule has 0 aromatic rings. The third-order valence-electron chi connectivity index (χ3n) is 3.90. The van der Waals surface area contributed by atoms with Gasteiger partial charge in [0.1, 0.15) is 0 Å². The minimum atomic E-state index is -2.40. The number of hydrogen-bond acceptors (Lipinski definition) is 0. The van der Waals surface area contributed by atoms with E-state index in [4.69, 9.17) is 0 Å². The third-order valence-corrected chi connectivity index (χ3v) is 3.90. The Morgan fingerprint density at radius 2 is 1.20 bits per heavy atom. The molecule has 0 N–H and O–H groups in total. The number of hydrogen-bond donors (Lipinski definition) is 0. The summed E-state index contributed by atoms with van der Waals surface area (Å²) < 4.78 is 25.9. The van der Waals surface area contributed by atoms with E-state index in [1.165, 1.54) is 0 Å². The second kappa shape index (κ2) is 4.80. The highest BCUT2D eigenvalue weighted by Gasteiger charge is 2.46. The van der Waals surface area contributed by atoms with Gasteiger partial charge in [0, 0.05) is 12.8 Å². The summed E-state index contributed by atoms with van der Waals surface area (Å²) in [4.78, 5) is 0. The highest BCUT2D eigenvalue weighted by molar-refractivity contribution is 4.92. The molecule has 0 bridgehead atoms. The van der Waals surface area contributed by atoms with E-state index in [9.17, 15) is 8.78 Å². The molecule has 0 amide bonds. The maximum absolute atomic E-state index is 12.9. The van der Waals surface area contributed by atoms with E-state index in [0.717, 1.165) is 0 Å². The minimum Gasteiger partial charge on any atom is -0.207 e. The van der Waals surface area contributed by atoms with Crippen LogP contribution in [0, 0.1) is 10.8 Å². The zero-order valence-electron chi connectivity index (χ0n) is 11.1. The van der Waals surface area contributed by atoms with Crippen LogP contribution in [0.4, 0.5) is 8.78 Å². The van der Waals surface area contributed by atoms with E-state index in [2.05, 4.69) is 27.7 Å². The Morgan fingerprint density at radius 3 is 1.47 bits per heavy atom. The number of rotatable bonds is 0. The molecule has 0 unspecified atom stereocenters. The first kappa shape index (κ1) is 14.9. The summed E-state index contributed by atoms with van der Waals surface area (Å²) in [5.41, 5.74) is 0.234. The summed E-state index contributed by atoms with van der Waals surface area (Å²) in [7, 11) is 0. The molecule has 0 heterocycles. The summed E-state index contributed by atoms with van der Waals surface area (Å²) in [5, 5.41) is 0. The second-order valence-corrected chi connectivity index (χ2v) is 5.67. The normalized spacial score (nSPS) is 24.0. The molecule has 0 nitrogen and oxygen atoms in total. The number of halogens is 2. The lowest BCUT2D eigenvalue weighted by Gasteiger charge is -2.46. The standard InChI is InChI=1S/C11H20F2.C2H6/c1-9(2,3)10(4)5-7-11(12,13)8-6-10;1-2/h5-8H2,1-4H3;1-2H3. The van der Waals surface area contributed by atoms with Gasteiger partial charge in [-0.1, -0.05) is 41.5 Å². The van der Waals surface area contributed by atoms with E-state index in [1.54, 1.807) is 0 Å². The van der Waals surface area contributed by atoms with Crippen LogP contribution in [0.25, 0.3) is 0 Å². The maximum Gasteiger partial charge on any atom is 0.248 e. The van der Waals surface area contributed by atoms with Gasteiger partial charge in [0.15, 0.2) is 0 Å². The average Bonchev–Trinajstić information content (AvgIpc) is 2.12. The third kappa shape index (κ3) is 3.73. The van der Waals surface area contributed by atoms with Crippen molar-refractivity contribution in [3.63, 3.8) is 0 Å². The summed E-state index contributed by atoms with van der Waals surface area (Å²) >= 11 is 0. The van der Waals surface area contributed by atoms with Crippen LogP contribution in [-0.4, -0.2) is 5.92 Å². The SMILES string of the molecule is CC.CC(C)(C)C1(C)CCC(F)(F)CC1. The molecular formula is C13H26F2. The van der Waals surface area contributed by atoms with Crippen molar-refractivity contribution in [2.24, 2.45) is 10.8 Å². The average molecular weight is 220 g/mol. The highest BCUT2D eigenvalue weighted by atomic mass is 19.3. The van der Waals surface area contributed by atoms with Crippen molar-refractivity contribution < 1.29 is 8.78 Å². The molecular weight excluding hydrogens is 194 g/mol. The Bertz CT molecular complexity index is 179. The Morgan fingerprint density at radius 1 is 0.867 bits per heavy atom. The van der Waals surface area contributed by atoms with E-state index in [-0.39, 0.29) is 23.7 Å². The van der Waals surface area contributed by atoms with Crippen molar-refractivity contribution in [1.29, 1.82) is 0 Å². The molecule has 1 saturated carbocycles. The van der Waals surface area contributed by atoms with Gasteiger partial charge in [-0.05, 0) is 23.7 Å². The topological polar surface area (TPSA) is 0 Å². The van der Waals surface area contributed by atoms with Crippen molar-refractivity contribution in [3.8, 4) is 0 Å². The molecule has 1 rings (SSSR count). The minimum absolute atomic E-state index is 0.0702. The smallest absolute Gasteiger partial charge is 0.207 e. The molecule has 2 heteroatoms. The fourth-order valence-electron chi connectivity index (χ4n) is 1.92. The molecule has 1 aliphatic rings. The van der Waals surface area contributed by atoms with E-state index in [0.29, 0.717) is 12.8 Å². The maximum atomic E-state index is 12.9. The van der Waals surface area contributed by atoms with Gasteiger partial charge in [-0.25, -0.2) is 8.78 Å². The van der Waals surface area contributed by atoms with E-state index < -0.39 is 5.92 Å². The predicted octanol–water partition coefficient (Wildman–Crippen LogP) is 5.27. The van der Waals surface area contributed by atoms with Crippen molar-refractivity contribution in [3.05, 3.63) is 0 Å². The first-order valence-corrected chi connectivity index (χ1v) is 6.04. The van der Waals surface area contributed by atoms with Gasteiger partial charge in [-0.2, -0.15) is 0 Å². The van der Waals surface area contributed by atoms with Crippen LogP contribution in [0.1, 0.15) is 67.2 Å². The van der Waals surface area contributed by atoms with Crippen LogP contribution >= 0.6 is 0 Å². The summed E-state index contributed by atoms with van der Waals surface area (Å²) in [6, 6.07) is 0. The molecule has 1 fully saturated rings. The molecule has 0 saturated heterocycles. The predicted molar refractivity (Wildman–Crippen MR) is 62.3 cm³/mol. The van der Waals surface area contributed by atoms with Crippen LogP contribution in [-0.2, 0) is 0 Å². The van der Waals surface area contributed by atoms with Gasteiger partial charge >= 0.3 is 0 Å². The van der Waals surface area contributed by atoms with Crippen LogP contribution in [0.3, 0.4) is 0 Å². The Kier molecular flexibility index (Phi) is 4.75. The van der Waals surface area contributed by atoms with Gasteiger partial charge in [-0.15, -0.1) is 0 Å². The molecule has 92 valence electrons. The second-order valence-electron chi connectivity index (χ2n) is 5.67. The van der Waals surface area contributed by atoms with Crippen LogP contribution < -0.4 is 0 Å². The zero-order valence-corrected chi connectivity index (χ0v) is 11.1. The van der Waals surface area contributed by atoms with E-state index in [1.807, 2.05) is 13.8 Å². The molecule has 0 atom stereocenters. The summed E-state index contributed by atoms with van der Waals surface area (Å²) in [6.45, 7) is 12.6. The summed E-state index contributed by atoms with van der Waals surface area (Å²) in [5.74, 6) is -2.40. The zero-order chi connectivity index (χ0) is 12.3. The first-order chi connectivity index (χ1) is 6.66. The van der Waals surface area contributed by atoms with Gasteiger partial charge < -0.3 is 0 Å². The van der Waals surface area contributed by atoms with Gasteiger partial charge in [-0.3, -0.25) is 0 Å².